The Balaban J connectivity index is 1.69. The summed E-state index contributed by atoms with van der Waals surface area (Å²) in [6, 6.07) is 4.98. The highest BCUT2D eigenvalue weighted by Gasteiger charge is 2.32. The van der Waals surface area contributed by atoms with Gasteiger partial charge in [-0.3, -0.25) is 14.4 Å². The molecule has 1 amide bonds. The summed E-state index contributed by atoms with van der Waals surface area (Å²) in [6.45, 7) is 9.73. The molecule has 0 radical (unpaired) electrons. The average Bonchev–Trinajstić information content (AvgIpc) is 3.39. The summed E-state index contributed by atoms with van der Waals surface area (Å²) in [5.74, 6) is 1.47. The van der Waals surface area contributed by atoms with Gasteiger partial charge >= 0.3 is 7.60 Å². The van der Waals surface area contributed by atoms with Gasteiger partial charge in [-0.1, -0.05) is 11.8 Å². The summed E-state index contributed by atoms with van der Waals surface area (Å²) in [6.07, 6.45) is 1.13. The summed E-state index contributed by atoms with van der Waals surface area (Å²) in [5, 5.41) is 6.61. The Morgan fingerprint density at radius 1 is 1.24 bits per heavy atom. The van der Waals surface area contributed by atoms with Crippen molar-refractivity contribution in [2.24, 2.45) is 4.99 Å². The molecule has 1 aromatic rings. The smallest absolute Gasteiger partial charge is 0.332 e. The second-order valence-corrected chi connectivity index (χ2v) is 11.2. The molecule has 0 bridgehead atoms. The second kappa shape index (κ2) is 12.2. The van der Waals surface area contributed by atoms with Gasteiger partial charge in [-0.2, -0.15) is 0 Å². The van der Waals surface area contributed by atoms with Gasteiger partial charge in [0.15, 0.2) is 5.17 Å². The number of benzene rings is 1. The molecular weight excluding hydrogens is 465 g/mol. The highest BCUT2D eigenvalue weighted by molar-refractivity contribution is 8.14. The van der Waals surface area contributed by atoms with Crippen LogP contribution in [-0.4, -0.2) is 67.5 Å². The van der Waals surface area contributed by atoms with Gasteiger partial charge < -0.3 is 29.2 Å². The van der Waals surface area contributed by atoms with Crippen LogP contribution < -0.4 is 20.1 Å². The number of amidine groups is 1. The predicted molar refractivity (Wildman–Crippen MR) is 131 cm³/mol. The summed E-state index contributed by atoms with van der Waals surface area (Å²) >= 11 is 1.41. The average molecular weight is 500 g/mol. The quantitative estimate of drug-likeness (QED) is 0.444. The van der Waals surface area contributed by atoms with Gasteiger partial charge in [0.1, 0.15) is 17.6 Å². The third-order valence-corrected chi connectivity index (χ3v) is 8.05. The van der Waals surface area contributed by atoms with E-state index in [0.29, 0.717) is 41.2 Å². The van der Waals surface area contributed by atoms with E-state index in [1.807, 2.05) is 19.9 Å². The van der Waals surface area contributed by atoms with Gasteiger partial charge in [0, 0.05) is 23.9 Å². The van der Waals surface area contributed by atoms with Crippen LogP contribution in [0.5, 0.6) is 11.5 Å². The molecule has 2 aliphatic rings. The third kappa shape index (κ3) is 8.00. The molecule has 1 fully saturated rings. The van der Waals surface area contributed by atoms with Crippen molar-refractivity contribution in [3.05, 3.63) is 23.8 Å². The lowest BCUT2D eigenvalue weighted by Gasteiger charge is -2.18. The van der Waals surface area contributed by atoms with E-state index in [1.165, 1.54) is 11.8 Å². The van der Waals surface area contributed by atoms with Crippen LogP contribution in [0.1, 0.15) is 44.5 Å². The number of carbonyl (C=O) groups excluding carboxylic acids is 1. The van der Waals surface area contributed by atoms with Crippen molar-refractivity contribution in [2.75, 3.05) is 38.2 Å². The Kier molecular flexibility index (Phi) is 9.64. The van der Waals surface area contributed by atoms with Crippen molar-refractivity contribution in [1.82, 2.24) is 10.6 Å². The minimum absolute atomic E-state index is 0.0359. The molecule has 1 unspecified atom stereocenters. The van der Waals surface area contributed by atoms with Crippen molar-refractivity contribution in [2.45, 2.75) is 52.4 Å². The Morgan fingerprint density at radius 3 is 2.61 bits per heavy atom. The number of nitrogens with one attached hydrogen (secondary N) is 2. The number of hydrogen-bond donors (Lipinski definition) is 2. The fraction of sp³-hybridized carbons (Fsp3) is 0.636. The summed E-state index contributed by atoms with van der Waals surface area (Å²) in [4.78, 5) is 17.5. The van der Waals surface area contributed by atoms with E-state index in [2.05, 4.69) is 15.6 Å². The lowest BCUT2D eigenvalue weighted by molar-refractivity contribution is 0.0976. The Morgan fingerprint density at radius 2 is 1.97 bits per heavy atom. The predicted octanol–water partition coefficient (Wildman–Crippen LogP) is 3.68. The van der Waals surface area contributed by atoms with E-state index >= 15 is 0 Å². The molecule has 0 aromatic heterocycles. The molecule has 2 atom stereocenters. The molecule has 1 saturated heterocycles. The summed E-state index contributed by atoms with van der Waals surface area (Å²) in [7, 11) is -3.20. The number of thioether (sulfide) groups is 1. The molecule has 2 heterocycles. The van der Waals surface area contributed by atoms with Crippen LogP contribution in [0.25, 0.3) is 0 Å². The zero-order chi connectivity index (χ0) is 23.8. The Bertz CT molecular complexity index is 881. The first-order valence-corrected chi connectivity index (χ1v) is 14.1. The second-order valence-electron chi connectivity index (χ2n) is 8.07. The van der Waals surface area contributed by atoms with E-state index in [1.54, 1.807) is 26.0 Å². The van der Waals surface area contributed by atoms with Crippen molar-refractivity contribution < 1.29 is 27.9 Å². The van der Waals surface area contributed by atoms with Crippen LogP contribution in [0, 0.1) is 0 Å². The minimum Gasteiger partial charge on any atom is -0.491 e. The number of nitrogens with zero attached hydrogens (tertiary/aromatic N) is 1. The van der Waals surface area contributed by atoms with Crippen molar-refractivity contribution in [3.8, 4) is 11.5 Å². The first-order chi connectivity index (χ1) is 15.8. The molecule has 11 heteroatoms. The zero-order valence-corrected chi connectivity index (χ0v) is 21.4. The van der Waals surface area contributed by atoms with Gasteiger partial charge in [0.05, 0.1) is 31.5 Å². The van der Waals surface area contributed by atoms with E-state index in [0.717, 1.165) is 19.5 Å². The van der Waals surface area contributed by atoms with Crippen LogP contribution >= 0.6 is 19.4 Å². The summed E-state index contributed by atoms with van der Waals surface area (Å²) < 4.78 is 35.4. The van der Waals surface area contributed by atoms with Crippen molar-refractivity contribution >= 4 is 30.4 Å². The maximum atomic E-state index is 13.0. The molecule has 184 valence electrons. The van der Waals surface area contributed by atoms with E-state index in [9.17, 15) is 9.36 Å². The van der Waals surface area contributed by atoms with E-state index in [4.69, 9.17) is 18.5 Å². The number of amides is 1. The molecule has 2 N–H and O–H groups in total. The van der Waals surface area contributed by atoms with E-state index in [-0.39, 0.29) is 30.3 Å². The topological polar surface area (TPSA) is 107 Å². The van der Waals surface area contributed by atoms with Gasteiger partial charge in [-0.05, 0) is 52.8 Å². The number of carbonyl (C=O) groups is 1. The summed E-state index contributed by atoms with van der Waals surface area (Å²) in [5.41, 5.74) is 0.426. The maximum absolute atomic E-state index is 13.0. The lowest BCUT2D eigenvalue weighted by Crippen LogP contribution is -2.27. The zero-order valence-electron chi connectivity index (χ0n) is 19.7. The number of aliphatic imine (C=N–C) groups is 1. The van der Waals surface area contributed by atoms with Crippen LogP contribution in [0.4, 0.5) is 0 Å². The first kappa shape index (κ1) is 26.0. The molecule has 0 saturated carbocycles. The number of ether oxygens (including phenoxy) is 2. The molecule has 33 heavy (non-hydrogen) atoms. The van der Waals surface area contributed by atoms with E-state index < -0.39 is 7.60 Å². The normalized spacial score (nSPS) is 20.7. The SMILES string of the molecule is CCOP(=O)(CC1CSC(NC(=O)c2cc(OC(C)C)cc(O[C@@H]3CCNC3)c2)=N1)OCC. The van der Waals surface area contributed by atoms with Gasteiger partial charge in [0.25, 0.3) is 5.91 Å². The molecule has 0 aliphatic carbocycles. The number of hydrogen-bond acceptors (Lipinski definition) is 9. The van der Waals surface area contributed by atoms with Crippen LogP contribution in [0.2, 0.25) is 0 Å². The van der Waals surface area contributed by atoms with Gasteiger partial charge in [-0.15, -0.1) is 0 Å². The Hall–Kier alpha value is -1.58. The van der Waals surface area contributed by atoms with Crippen LogP contribution in [0.15, 0.2) is 23.2 Å². The maximum Gasteiger partial charge on any atom is 0.332 e. The minimum atomic E-state index is -3.20. The van der Waals surface area contributed by atoms with Gasteiger partial charge in [-0.25, -0.2) is 0 Å². The first-order valence-electron chi connectivity index (χ1n) is 11.4. The molecule has 1 aromatic carbocycles. The molecule has 9 nitrogen and oxygen atoms in total. The molecule has 3 rings (SSSR count). The van der Waals surface area contributed by atoms with Crippen LogP contribution in [0.3, 0.4) is 0 Å². The fourth-order valence-electron chi connectivity index (χ4n) is 3.57. The molecule has 0 spiro atoms. The highest BCUT2D eigenvalue weighted by Crippen LogP contribution is 2.49. The molecule has 2 aliphatic heterocycles. The van der Waals surface area contributed by atoms with Crippen molar-refractivity contribution in [1.29, 1.82) is 0 Å². The van der Waals surface area contributed by atoms with Gasteiger partial charge in [0.2, 0.25) is 0 Å². The van der Waals surface area contributed by atoms with Crippen molar-refractivity contribution in [3.63, 3.8) is 0 Å². The monoisotopic (exact) mass is 499 g/mol. The fourth-order valence-corrected chi connectivity index (χ4v) is 6.48. The highest BCUT2D eigenvalue weighted by atomic mass is 32.2. The Labute approximate surface area is 199 Å². The number of rotatable bonds is 11. The third-order valence-electron chi connectivity index (χ3n) is 4.85. The largest absolute Gasteiger partial charge is 0.491 e. The standard InChI is InChI=1S/C22H34N3O6PS/c1-5-28-32(27,29-6-2)13-17-14-33-22(24-17)25-21(26)16-9-19(30-15(3)4)11-20(10-16)31-18-7-8-23-12-18/h9-11,15,17-18,23H,5-8,12-14H2,1-4H3,(H,24,25,26)/t17?,18-/m1/s1. The molecular formula is C22H34N3O6PS. The van der Waals surface area contributed by atoms with Crippen LogP contribution in [-0.2, 0) is 13.6 Å². The lowest BCUT2D eigenvalue weighted by atomic mass is 10.2.